The van der Waals surface area contributed by atoms with Crippen LogP contribution in [-0.2, 0) is 4.79 Å². The zero-order valence-corrected chi connectivity index (χ0v) is 9.09. The van der Waals surface area contributed by atoms with Gasteiger partial charge >= 0.3 is 0 Å². The van der Waals surface area contributed by atoms with E-state index in [9.17, 15) is 9.18 Å². The standard InChI is InChI=1S/C10H19FN2O/c1-7(2)6-13(3)10(14)9-4-8(11)5-12-9/h7-9,12H,4-6H2,1-3H3/t8-,9+/m0/s1. The molecule has 0 spiro atoms. The minimum Gasteiger partial charge on any atom is -0.344 e. The molecule has 1 aliphatic rings. The Balaban J connectivity index is 2.40. The fourth-order valence-corrected chi connectivity index (χ4v) is 1.78. The molecular weight excluding hydrogens is 183 g/mol. The van der Waals surface area contributed by atoms with E-state index in [1.165, 1.54) is 0 Å². The van der Waals surface area contributed by atoms with Crippen molar-refractivity contribution in [2.75, 3.05) is 20.1 Å². The first-order chi connectivity index (χ1) is 6.50. The van der Waals surface area contributed by atoms with Crippen LogP contribution < -0.4 is 5.32 Å². The van der Waals surface area contributed by atoms with Gasteiger partial charge in [-0.05, 0) is 5.92 Å². The van der Waals surface area contributed by atoms with Gasteiger partial charge in [0.15, 0.2) is 0 Å². The molecule has 0 aliphatic carbocycles. The van der Waals surface area contributed by atoms with Gasteiger partial charge in [0, 0.05) is 26.6 Å². The van der Waals surface area contributed by atoms with Crippen molar-refractivity contribution in [2.45, 2.75) is 32.5 Å². The van der Waals surface area contributed by atoms with Crippen molar-refractivity contribution in [1.82, 2.24) is 10.2 Å². The largest absolute Gasteiger partial charge is 0.344 e. The van der Waals surface area contributed by atoms with E-state index >= 15 is 0 Å². The number of likely N-dealkylation sites (N-methyl/N-ethyl adjacent to an activating group) is 1. The van der Waals surface area contributed by atoms with Gasteiger partial charge in [-0.2, -0.15) is 0 Å². The van der Waals surface area contributed by atoms with Crippen LogP contribution >= 0.6 is 0 Å². The summed E-state index contributed by atoms with van der Waals surface area (Å²) in [5.74, 6) is 0.463. The first-order valence-corrected chi connectivity index (χ1v) is 5.13. The summed E-state index contributed by atoms with van der Waals surface area (Å²) in [6.45, 7) is 5.16. The molecule has 1 heterocycles. The lowest BCUT2D eigenvalue weighted by atomic mass is 10.1. The molecule has 1 aliphatic heterocycles. The van der Waals surface area contributed by atoms with Crippen molar-refractivity contribution in [3.8, 4) is 0 Å². The highest BCUT2D eigenvalue weighted by molar-refractivity contribution is 5.82. The van der Waals surface area contributed by atoms with Gasteiger partial charge in [0.1, 0.15) is 6.17 Å². The van der Waals surface area contributed by atoms with E-state index < -0.39 is 6.17 Å². The molecule has 1 amide bonds. The third kappa shape index (κ3) is 2.94. The Morgan fingerprint density at radius 3 is 2.71 bits per heavy atom. The second kappa shape index (κ2) is 4.73. The molecule has 0 aromatic carbocycles. The molecule has 1 fully saturated rings. The summed E-state index contributed by atoms with van der Waals surface area (Å²) < 4.78 is 12.8. The number of alkyl halides is 1. The third-order valence-corrected chi connectivity index (χ3v) is 2.39. The van der Waals surface area contributed by atoms with Gasteiger partial charge < -0.3 is 10.2 Å². The summed E-state index contributed by atoms with van der Waals surface area (Å²) in [7, 11) is 1.77. The summed E-state index contributed by atoms with van der Waals surface area (Å²) in [4.78, 5) is 13.4. The summed E-state index contributed by atoms with van der Waals surface area (Å²) in [6.07, 6.45) is -0.544. The Morgan fingerprint density at radius 2 is 2.29 bits per heavy atom. The number of carbonyl (C=O) groups excluding carboxylic acids is 1. The average Bonchev–Trinajstić information content (AvgIpc) is 2.49. The number of rotatable bonds is 3. The second-order valence-electron chi connectivity index (χ2n) is 4.41. The Hall–Kier alpha value is -0.640. The van der Waals surface area contributed by atoms with Gasteiger partial charge in [-0.25, -0.2) is 4.39 Å². The predicted octanol–water partition coefficient (Wildman–Crippen LogP) is 0.801. The molecule has 14 heavy (non-hydrogen) atoms. The molecule has 2 atom stereocenters. The maximum atomic E-state index is 12.8. The number of hydrogen-bond acceptors (Lipinski definition) is 2. The fourth-order valence-electron chi connectivity index (χ4n) is 1.78. The van der Waals surface area contributed by atoms with Crippen LogP contribution in [0.25, 0.3) is 0 Å². The Kier molecular flexibility index (Phi) is 3.86. The molecule has 82 valence electrons. The number of hydrogen-bond donors (Lipinski definition) is 1. The highest BCUT2D eigenvalue weighted by atomic mass is 19.1. The van der Waals surface area contributed by atoms with Crippen LogP contribution in [0.4, 0.5) is 4.39 Å². The van der Waals surface area contributed by atoms with Crippen LogP contribution in [0.3, 0.4) is 0 Å². The summed E-state index contributed by atoms with van der Waals surface area (Å²) >= 11 is 0. The van der Waals surface area contributed by atoms with Crippen LogP contribution in [0.2, 0.25) is 0 Å². The van der Waals surface area contributed by atoms with E-state index in [1.54, 1.807) is 11.9 Å². The number of halogens is 1. The Morgan fingerprint density at radius 1 is 1.64 bits per heavy atom. The lowest BCUT2D eigenvalue weighted by molar-refractivity contribution is -0.132. The van der Waals surface area contributed by atoms with Gasteiger partial charge in [0.05, 0.1) is 6.04 Å². The Bertz CT molecular complexity index is 208. The third-order valence-electron chi connectivity index (χ3n) is 2.39. The van der Waals surface area contributed by atoms with E-state index in [0.29, 0.717) is 18.9 Å². The molecule has 4 heteroatoms. The van der Waals surface area contributed by atoms with Crippen LogP contribution in [0.1, 0.15) is 20.3 Å². The predicted molar refractivity (Wildman–Crippen MR) is 53.8 cm³/mol. The molecule has 1 rings (SSSR count). The highest BCUT2D eigenvalue weighted by Gasteiger charge is 2.30. The molecule has 1 N–H and O–H groups in total. The Labute approximate surface area is 84.7 Å². The number of nitrogens with one attached hydrogen (secondary N) is 1. The lowest BCUT2D eigenvalue weighted by Crippen LogP contribution is -2.42. The van der Waals surface area contributed by atoms with Crippen LogP contribution in [0, 0.1) is 5.92 Å². The lowest BCUT2D eigenvalue weighted by Gasteiger charge is -2.22. The average molecular weight is 202 g/mol. The van der Waals surface area contributed by atoms with Crippen molar-refractivity contribution in [3.63, 3.8) is 0 Å². The van der Waals surface area contributed by atoms with E-state index in [-0.39, 0.29) is 11.9 Å². The van der Waals surface area contributed by atoms with Crippen molar-refractivity contribution in [3.05, 3.63) is 0 Å². The van der Waals surface area contributed by atoms with Crippen LogP contribution in [0.5, 0.6) is 0 Å². The topological polar surface area (TPSA) is 32.3 Å². The normalized spacial score (nSPS) is 26.9. The second-order valence-corrected chi connectivity index (χ2v) is 4.41. The van der Waals surface area contributed by atoms with Gasteiger partial charge in [0.2, 0.25) is 5.91 Å². The molecule has 0 aromatic rings. The minimum atomic E-state index is -0.864. The SMILES string of the molecule is CC(C)CN(C)C(=O)[C@H]1C[C@H](F)CN1. The minimum absolute atomic E-state index is 0.0128. The molecule has 0 radical (unpaired) electrons. The van der Waals surface area contributed by atoms with Crippen LogP contribution in [0.15, 0.2) is 0 Å². The van der Waals surface area contributed by atoms with E-state index in [1.807, 2.05) is 0 Å². The van der Waals surface area contributed by atoms with E-state index in [4.69, 9.17) is 0 Å². The number of amides is 1. The zero-order valence-electron chi connectivity index (χ0n) is 9.09. The number of nitrogens with zero attached hydrogens (tertiary/aromatic N) is 1. The summed E-state index contributed by atoms with van der Waals surface area (Å²) in [5, 5.41) is 2.89. The van der Waals surface area contributed by atoms with Gasteiger partial charge in [0.25, 0.3) is 0 Å². The van der Waals surface area contributed by atoms with Gasteiger partial charge in [-0.3, -0.25) is 4.79 Å². The molecule has 0 unspecified atom stereocenters. The zero-order chi connectivity index (χ0) is 10.7. The van der Waals surface area contributed by atoms with Gasteiger partial charge in [-0.1, -0.05) is 13.8 Å². The summed E-state index contributed by atoms with van der Waals surface area (Å²) in [6, 6.07) is -0.311. The summed E-state index contributed by atoms with van der Waals surface area (Å²) in [5.41, 5.74) is 0. The maximum Gasteiger partial charge on any atom is 0.239 e. The molecule has 0 saturated carbocycles. The highest BCUT2D eigenvalue weighted by Crippen LogP contribution is 2.12. The molecule has 1 saturated heterocycles. The van der Waals surface area contributed by atoms with Crippen molar-refractivity contribution >= 4 is 5.91 Å². The first kappa shape index (κ1) is 11.4. The molecule has 0 aromatic heterocycles. The monoisotopic (exact) mass is 202 g/mol. The first-order valence-electron chi connectivity index (χ1n) is 5.13. The molecular formula is C10H19FN2O. The molecule has 0 bridgehead atoms. The quantitative estimate of drug-likeness (QED) is 0.734. The van der Waals surface area contributed by atoms with E-state index in [2.05, 4.69) is 19.2 Å². The van der Waals surface area contributed by atoms with Gasteiger partial charge in [-0.15, -0.1) is 0 Å². The maximum absolute atomic E-state index is 12.8. The van der Waals surface area contributed by atoms with E-state index in [0.717, 1.165) is 6.54 Å². The van der Waals surface area contributed by atoms with Crippen LogP contribution in [-0.4, -0.2) is 43.2 Å². The molecule has 3 nitrogen and oxygen atoms in total. The fraction of sp³-hybridized carbons (Fsp3) is 0.900. The van der Waals surface area contributed by atoms with Crippen molar-refractivity contribution in [1.29, 1.82) is 0 Å². The number of carbonyl (C=O) groups is 1. The van der Waals surface area contributed by atoms with Crippen molar-refractivity contribution in [2.24, 2.45) is 5.92 Å². The smallest absolute Gasteiger partial charge is 0.239 e. The van der Waals surface area contributed by atoms with Crippen molar-refractivity contribution < 1.29 is 9.18 Å².